The number of carbonyl (C=O) groups excluding carboxylic acids is 1. The molecule has 100 valence electrons. The maximum atomic E-state index is 12.6. The zero-order valence-electron chi connectivity index (χ0n) is 10.5. The molecule has 6 heteroatoms. The smallest absolute Gasteiger partial charge is 0.274 e. The summed E-state index contributed by atoms with van der Waals surface area (Å²) in [5, 5.41) is 0.246. The third-order valence-electron chi connectivity index (χ3n) is 3.22. The van der Waals surface area contributed by atoms with Crippen LogP contribution in [0, 0.1) is 0 Å². The van der Waals surface area contributed by atoms with Gasteiger partial charge in [0.2, 0.25) is 0 Å². The highest BCUT2D eigenvalue weighted by molar-refractivity contribution is 6.32. The zero-order valence-corrected chi connectivity index (χ0v) is 11.3. The van der Waals surface area contributed by atoms with Gasteiger partial charge in [-0.25, -0.2) is 4.98 Å². The molecule has 0 N–H and O–H groups in total. The van der Waals surface area contributed by atoms with Gasteiger partial charge in [-0.15, -0.1) is 0 Å². The highest BCUT2D eigenvalue weighted by Gasteiger charge is 2.27. The molecule has 1 fully saturated rings. The summed E-state index contributed by atoms with van der Waals surface area (Å²) in [4.78, 5) is 18.5. The number of fused-ring (bicyclic) bond motifs is 1. The van der Waals surface area contributed by atoms with Gasteiger partial charge >= 0.3 is 0 Å². The van der Waals surface area contributed by atoms with Crippen LogP contribution in [0.15, 0.2) is 24.4 Å². The molecule has 3 rings (SSSR count). The third kappa shape index (κ3) is 2.19. The molecule has 1 unspecified atom stereocenters. The number of carbonyl (C=O) groups is 1. The second-order valence-electron chi connectivity index (χ2n) is 4.61. The van der Waals surface area contributed by atoms with Gasteiger partial charge in [0.15, 0.2) is 10.8 Å². The Kier molecular flexibility index (Phi) is 3.16. The van der Waals surface area contributed by atoms with Gasteiger partial charge in [-0.2, -0.15) is 0 Å². The van der Waals surface area contributed by atoms with E-state index in [1.807, 2.05) is 25.1 Å². The number of amides is 1. The van der Waals surface area contributed by atoms with E-state index in [-0.39, 0.29) is 17.2 Å². The summed E-state index contributed by atoms with van der Waals surface area (Å²) < 4.78 is 7.17. The van der Waals surface area contributed by atoms with Crippen LogP contribution in [0.5, 0.6) is 0 Å². The van der Waals surface area contributed by atoms with E-state index in [0.29, 0.717) is 31.0 Å². The number of hydrogen-bond acceptors (Lipinski definition) is 3. The molecule has 0 radical (unpaired) electrons. The molecule has 5 nitrogen and oxygen atoms in total. The Labute approximate surface area is 115 Å². The first-order chi connectivity index (χ1) is 9.16. The molecule has 19 heavy (non-hydrogen) atoms. The number of rotatable bonds is 1. The maximum absolute atomic E-state index is 12.6. The molecule has 1 amide bonds. The van der Waals surface area contributed by atoms with Gasteiger partial charge in [0.05, 0.1) is 12.7 Å². The van der Waals surface area contributed by atoms with Gasteiger partial charge in [0.1, 0.15) is 5.65 Å². The molecule has 3 heterocycles. The Balaban J connectivity index is 1.99. The van der Waals surface area contributed by atoms with Crippen molar-refractivity contribution in [3.63, 3.8) is 0 Å². The van der Waals surface area contributed by atoms with Crippen molar-refractivity contribution >= 4 is 23.2 Å². The second kappa shape index (κ2) is 4.83. The van der Waals surface area contributed by atoms with E-state index in [4.69, 9.17) is 16.3 Å². The average molecular weight is 280 g/mol. The predicted molar refractivity (Wildman–Crippen MR) is 71.5 cm³/mol. The van der Waals surface area contributed by atoms with Crippen molar-refractivity contribution in [3.8, 4) is 0 Å². The number of morpholine rings is 1. The molecule has 0 spiro atoms. The molecule has 0 bridgehead atoms. The summed E-state index contributed by atoms with van der Waals surface area (Å²) in [7, 11) is 0. The lowest BCUT2D eigenvalue weighted by Crippen LogP contribution is -2.44. The van der Waals surface area contributed by atoms with Crippen molar-refractivity contribution in [1.29, 1.82) is 0 Å². The van der Waals surface area contributed by atoms with Gasteiger partial charge < -0.3 is 9.64 Å². The van der Waals surface area contributed by atoms with E-state index in [2.05, 4.69) is 4.98 Å². The molecular formula is C13H14ClN3O2. The first-order valence-corrected chi connectivity index (χ1v) is 6.58. The number of halogens is 1. The molecular weight excluding hydrogens is 266 g/mol. The van der Waals surface area contributed by atoms with E-state index in [9.17, 15) is 4.79 Å². The number of pyridine rings is 1. The highest BCUT2D eigenvalue weighted by Crippen LogP contribution is 2.20. The fourth-order valence-corrected chi connectivity index (χ4v) is 2.57. The highest BCUT2D eigenvalue weighted by atomic mass is 35.5. The molecule has 0 aromatic carbocycles. The Morgan fingerprint density at radius 2 is 2.37 bits per heavy atom. The molecule has 1 atom stereocenters. The zero-order chi connectivity index (χ0) is 13.4. The number of aromatic nitrogens is 2. The van der Waals surface area contributed by atoms with Crippen LogP contribution in [0.1, 0.15) is 17.4 Å². The molecule has 0 aliphatic carbocycles. The van der Waals surface area contributed by atoms with Crippen molar-refractivity contribution in [2.24, 2.45) is 0 Å². The summed E-state index contributed by atoms with van der Waals surface area (Å²) in [5.74, 6) is -0.0983. The van der Waals surface area contributed by atoms with Crippen LogP contribution < -0.4 is 0 Å². The van der Waals surface area contributed by atoms with Crippen molar-refractivity contribution in [2.45, 2.75) is 13.0 Å². The van der Waals surface area contributed by atoms with Crippen LogP contribution in [-0.4, -0.2) is 46.0 Å². The Hall–Kier alpha value is -1.59. The third-order valence-corrected chi connectivity index (χ3v) is 3.48. The Morgan fingerprint density at radius 1 is 1.53 bits per heavy atom. The van der Waals surface area contributed by atoms with E-state index in [0.717, 1.165) is 0 Å². The number of hydrogen-bond donors (Lipinski definition) is 0. The molecule has 1 aliphatic heterocycles. The van der Waals surface area contributed by atoms with Gasteiger partial charge in [-0.1, -0.05) is 17.7 Å². The molecule has 1 aliphatic rings. The van der Waals surface area contributed by atoms with Gasteiger partial charge in [-0.3, -0.25) is 9.20 Å². The maximum Gasteiger partial charge on any atom is 0.274 e. The standard InChI is InChI=1S/C13H14ClN3O2/c1-9-8-16(6-7-19-9)13(18)11-12(14)15-10-4-2-3-5-17(10)11/h2-5,9H,6-8H2,1H3. The molecule has 1 saturated heterocycles. The van der Waals surface area contributed by atoms with Crippen LogP contribution in [0.2, 0.25) is 5.15 Å². The molecule has 2 aromatic rings. The summed E-state index contributed by atoms with van der Waals surface area (Å²) in [6.45, 7) is 3.67. The lowest BCUT2D eigenvalue weighted by atomic mass is 10.2. The quantitative estimate of drug-likeness (QED) is 0.800. The number of ether oxygens (including phenoxy) is 1. The minimum Gasteiger partial charge on any atom is -0.375 e. The van der Waals surface area contributed by atoms with Crippen molar-refractivity contribution in [3.05, 3.63) is 35.2 Å². The van der Waals surface area contributed by atoms with Gasteiger partial charge in [0.25, 0.3) is 5.91 Å². The van der Waals surface area contributed by atoms with Crippen LogP contribution in [0.25, 0.3) is 5.65 Å². The summed E-state index contributed by atoms with van der Waals surface area (Å²) in [5.41, 5.74) is 1.10. The van der Waals surface area contributed by atoms with Crippen LogP contribution in [-0.2, 0) is 4.74 Å². The van der Waals surface area contributed by atoms with Crippen molar-refractivity contribution in [2.75, 3.05) is 19.7 Å². The fourth-order valence-electron chi connectivity index (χ4n) is 2.31. The van der Waals surface area contributed by atoms with Crippen LogP contribution in [0.4, 0.5) is 0 Å². The first-order valence-electron chi connectivity index (χ1n) is 6.20. The topological polar surface area (TPSA) is 46.8 Å². The molecule has 0 saturated carbocycles. The lowest BCUT2D eigenvalue weighted by molar-refractivity contribution is -0.0126. The van der Waals surface area contributed by atoms with E-state index < -0.39 is 0 Å². The fraction of sp³-hybridized carbons (Fsp3) is 0.385. The monoisotopic (exact) mass is 279 g/mol. The van der Waals surface area contributed by atoms with Crippen LogP contribution >= 0.6 is 11.6 Å². The van der Waals surface area contributed by atoms with Crippen LogP contribution in [0.3, 0.4) is 0 Å². The molecule has 2 aromatic heterocycles. The summed E-state index contributed by atoms with van der Waals surface area (Å²) in [6.07, 6.45) is 1.85. The lowest BCUT2D eigenvalue weighted by Gasteiger charge is -2.31. The SMILES string of the molecule is CC1CN(C(=O)c2c(Cl)nc3ccccn23)CCO1. The van der Waals surface area contributed by atoms with Crippen molar-refractivity contribution < 1.29 is 9.53 Å². The van der Waals surface area contributed by atoms with E-state index in [1.165, 1.54) is 0 Å². The van der Waals surface area contributed by atoms with Crippen molar-refractivity contribution in [1.82, 2.24) is 14.3 Å². The minimum absolute atomic E-state index is 0.0515. The van der Waals surface area contributed by atoms with Gasteiger partial charge in [-0.05, 0) is 19.1 Å². The normalized spacial score (nSPS) is 19.9. The Morgan fingerprint density at radius 3 is 3.16 bits per heavy atom. The summed E-state index contributed by atoms with van der Waals surface area (Å²) in [6, 6.07) is 5.54. The summed E-state index contributed by atoms with van der Waals surface area (Å²) >= 11 is 6.11. The minimum atomic E-state index is -0.0983. The second-order valence-corrected chi connectivity index (χ2v) is 4.97. The average Bonchev–Trinajstić information content (AvgIpc) is 2.74. The Bertz CT molecular complexity index is 625. The van der Waals surface area contributed by atoms with Gasteiger partial charge in [0, 0.05) is 19.3 Å². The first kappa shape index (κ1) is 12.4. The predicted octanol–water partition coefficient (Wildman–Crippen LogP) is 1.85. The number of nitrogens with zero attached hydrogens (tertiary/aromatic N) is 3. The van der Waals surface area contributed by atoms with E-state index >= 15 is 0 Å². The number of imidazole rings is 1. The largest absolute Gasteiger partial charge is 0.375 e. The van der Waals surface area contributed by atoms with E-state index in [1.54, 1.807) is 15.5 Å².